The molecule has 0 bridgehead atoms. The normalized spacial score (nSPS) is 12.8. The Labute approximate surface area is 119 Å². The summed E-state index contributed by atoms with van der Waals surface area (Å²) in [6, 6.07) is 2.02. The fraction of sp³-hybridized carbons (Fsp3) is 0.714. The van der Waals surface area contributed by atoms with Crippen LogP contribution >= 0.6 is 15.9 Å². The molecule has 1 rings (SSSR count). The Hall–Kier alpha value is -0.320. The van der Waals surface area contributed by atoms with E-state index in [0.29, 0.717) is 0 Å². The van der Waals surface area contributed by atoms with Crippen molar-refractivity contribution in [2.24, 2.45) is 5.84 Å². The average molecular weight is 317 g/mol. The van der Waals surface area contributed by atoms with Gasteiger partial charge in [0.05, 0.1) is 16.8 Å². The molecule has 0 spiro atoms. The fourth-order valence-electron chi connectivity index (χ4n) is 2.15. The van der Waals surface area contributed by atoms with Crippen molar-refractivity contribution in [3.63, 3.8) is 0 Å². The highest BCUT2D eigenvalue weighted by atomic mass is 79.9. The van der Waals surface area contributed by atoms with Gasteiger partial charge in [0, 0.05) is 0 Å². The van der Waals surface area contributed by atoms with Gasteiger partial charge in [0.1, 0.15) is 5.76 Å². The topological polar surface area (TPSA) is 51.2 Å². The lowest BCUT2D eigenvalue weighted by molar-refractivity contribution is 0.386. The second kappa shape index (κ2) is 9.59. The van der Waals surface area contributed by atoms with Crippen LogP contribution in [0, 0.1) is 0 Å². The van der Waals surface area contributed by atoms with E-state index in [9.17, 15) is 0 Å². The Kier molecular flexibility index (Phi) is 8.38. The summed E-state index contributed by atoms with van der Waals surface area (Å²) in [5.74, 6) is 6.49. The Balaban J connectivity index is 2.15. The van der Waals surface area contributed by atoms with Crippen LogP contribution in [0.25, 0.3) is 0 Å². The van der Waals surface area contributed by atoms with E-state index in [1.54, 1.807) is 6.26 Å². The van der Waals surface area contributed by atoms with Crippen molar-refractivity contribution in [2.75, 3.05) is 0 Å². The molecule has 1 atom stereocenters. The van der Waals surface area contributed by atoms with E-state index in [2.05, 4.69) is 28.3 Å². The molecule has 104 valence electrons. The highest BCUT2D eigenvalue weighted by Gasteiger charge is 2.15. The zero-order valence-electron chi connectivity index (χ0n) is 11.3. The molecule has 3 nitrogen and oxygen atoms in total. The molecule has 3 N–H and O–H groups in total. The number of hydrogen-bond acceptors (Lipinski definition) is 3. The summed E-state index contributed by atoms with van der Waals surface area (Å²) in [4.78, 5) is 0. The van der Waals surface area contributed by atoms with Crippen LogP contribution in [0.1, 0.15) is 70.1 Å². The minimum absolute atomic E-state index is 0.116. The smallest absolute Gasteiger partial charge is 0.136 e. The summed E-state index contributed by atoms with van der Waals surface area (Å²) in [7, 11) is 0. The first-order valence-corrected chi connectivity index (χ1v) is 7.78. The lowest BCUT2D eigenvalue weighted by atomic mass is 10.0. The number of nitrogens with one attached hydrogen (secondary N) is 1. The number of halogens is 1. The molecule has 0 saturated carbocycles. The van der Waals surface area contributed by atoms with Crippen LogP contribution in [-0.2, 0) is 0 Å². The zero-order valence-corrected chi connectivity index (χ0v) is 12.8. The van der Waals surface area contributed by atoms with Gasteiger partial charge in [-0.2, -0.15) is 0 Å². The largest absolute Gasteiger partial charge is 0.466 e. The van der Waals surface area contributed by atoms with Crippen molar-refractivity contribution in [1.29, 1.82) is 0 Å². The van der Waals surface area contributed by atoms with E-state index in [4.69, 9.17) is 10.3 Å². The predicted octanol–water partition coefficient (Wildman–Crippen LogP) is 4.69. The molecule has 1 heterocycles. The average Bonchev–Trinajstić information content (AvgIpc) is 2.79. The minimum atomic E-state index is 0.116. The molecule has 18 heavy (non-hydrogen) atoms. The number of hydrazine groups is 1. The van der Waals surface area contributed by atoms with Gasteiger partial charge >= 0.3 is 0 Å². The molecule has 0 aliphatic heterocycles. The highest BCUT2D eigenvalue weighted by Crippen LogP contribution is 2.27. The van der Waals surface area contributed by atoms with Crippen molar-refractivity contribution in [3.05, 3.63) is 22.6 Å². The Morgan fingerprint density at radius 2 is 1.89 bits per heavy atom. The first kappa shape index (κ1) is 15.7. The number of unbranched alkanes of at least 4 members (excludes halogenated alkanes) is 6. The third-order valence-electron chi connectivity index (χ3n) is 3.26. The molecule has 0 aliphatic carbocycles. The maximum Gasteiger partial charge on any atom is 0.136 e. The summed E-state index contributed by atoms with van der Waals surface area (Å²) in [5, 5.41) is 0. The molecule has 0 fully saturated rings. The van der Waals surface area contributed by atoms with Crippen LogP contribution < -0.4 is 11.3 Å². The Morgan fingerprint density at radius 1 is 1.22 bits per heavy atom. The predicted molar refractivity (Wildman–Crippen MR) is 79.1 cm³/mol. The summed E-state index contributed by atoms with van der Waals surface area (Å²) >= 11 is 3.47. The molecule has 1 aromatic rings. The monoisotopic (exact) mass is 316 g/mol. The third kappa shape index (κ3) is 5.55. The first-order chi connectivity index (χ1) is 8.79. The lowest BCUT2D eigenvalue weighted by Crippen LogP contribution is -2.27. The van der Waals surface area contributed by atoms with Gasteiger partial charge in [-0.25, -0.2) is 5.43 Å². The van der Waals surface area contributed by atoms with Crippen LogP contribution in [0.5, 0.6) is 0 Å². The number of hydrogen-bond donors (Lipinski definition) is 2. The molecule has 0 radical (unpaired) electrons. The number of rotatable bonds is 10. The van der Waals surface area contributed by atoms with E-state index < -0.39 is 0 Å². The van der Waals surface area contributed by atoms with Crippen molar-refractivity contribution >= 4 is 15.9 Å². The maximum atomic E-state index is 5.58. The van der Waals surface area contributed by atoms with Crippen LogP contribution in [-0.4, -0.2) is 0 Å². The van der Waals surface area contributed by atoms with Gasteiger partial charge in [-0.1, -0.05) is 51.9 Å². The van der Waals surface area contributed by atoms with Crippen molar-refractivity contribution in [1.82, 2.24) is 5.43 Å². The molecule has 0 aliphatic rings. The van der Waals surface area contributed by atoms with E-state index in [-0.39, 0.29) is 6.04 Å². The molecular weight excluding hydrogens is 292 g/mol. The molecular formula is C14H25BrN2O. The lowest BCUT2D eigenvalue weighted by Gasteiger charge is -2.13. The first-order valence-electron chi connectivity index (χ1n) is 6.98. The van der Waals surface area contributed by atoms with E-state index in [0.717, 1.165) is 16.7 Å². The van der Waals surface area contributed by atoms with Gasteiger partial charge in [0.2, 0.25) is 0 Å². The van der Waals surface area contributed by atoms with Crippen LogP contribution in [0.2, 0.25) is 0 Å². The van der Waals surface area contributed by atoms with Crippen molar-refractivity contribution in [3.8, 4) is 0 Å². The summed E-state index contributed by atoms with van der Waals surface area (Å²) in [5.41, 5.74) is 2.83. The highest BCUT2D eigenvalue weighted by molar-refractivity contribution is 9.10. The van der Waals surface area contributed by atoms with E-state index in [1.807, 2.05) is 6.07 Å². The Bertz CT molecular complexity index is 314. The Morgan fingerprint density at radius 3 is 2.44 bits per heavy atom. The number of furan rings is 1. The van der Waals surface area contributed by atoms with Gasteiger partial charge < -0.3 is 4.42 Å². The standard InChI is InChI=1S/C14H25BrN2O/c1-2-3-4-5-6-7-8-9-13(17-16)14-12(15)10-11-18-14/h10-11,13,17H,2-9,16H2,1H3. The second-order valence-electron chi connectivity index (χ2n) is 4.76. The third-order valence-corrected chi connectivity index (χ3v) is 3.91. The molecule has 0 amide bonds. The SMILES string of the molecule is CCCCCCCCCC(NN)c1occc1Br. The van der Waals surface area contributed by atoms with Gasteiger partial charge in [-0.3, -0.25) is 5.84 Å². The summed E-state index contributed by atoms with van der Waals surface area (Å²) in [6.45, 7) is 2.25. The fourth-order valence-corrected chi connectivity index (χ4v) is 2.63. The van der Waals surface area contributed by atoms with Crippen LogP contribution in [0.15, 0.2) is 21.2 Å². The number of nitrogens with two attached hydrogens (primary N) is 1. The van der Waals surface area contributed by atoms with E-state index >= 15 is 0 Å². The van der Waals surface area contributed by atoms with Gasteiger partial charge in [-0.15, -0.1) is 0 Å². The van der Waals surface area contributed by atoms with Crippen molar-refractivity contribution < 1.29 is 4.42 Å². The molecule has 1 unspecified atom stereocenters. The maximum absolute atomic E-state index is 5.58. The van der Waals surface area contributed by atoms with Crippen LogP contribution in [0.4, 0.5) is 0 Å². The van der Waals surface area contributed by atoms with Gasteiger partial charge in [0.15, 0.2) is 0 Å². The quantitative estimate of drug-likeness (QED) is 0.374. The van der Waals surface area contributed by atoms with Crippen molar-refractivity contribution in [2.45, 2.75) is 64.3 Å². The van der Waals surface area contributed by atoms with E-state index in [1.165, 1.54) is 44.9 Å². The molecule has 0 aromatic carbocycles. The van der Waals surface area contributed by atoms with Crippen LogP contribution in [0.3, 0.4) is 0 Å². The molecule has 4 heteroatoms. The zero-order chi connectivity index (χ0) is 13.2. The molecule has 0 saturated heterocycles. The summed E-state index contributed by atoms with van der Waals surface area (Å²) < 4.78 is 6.43. The summed E-state index contributed by atoms with van der Waals surface area (Å²) in [6.07, 6.45) is 11.9. The van der Waals surface area contributed by atoms with Gasteiger partial charge in [-0.05, 0) is 28.4 Å². The minimum Gasteiger partial charge on any atom is -0.466 e. The molecule has 1 aromatic heterocycles. The second-order valence-corrected chi connectivity index (χ2v) is 5.62. The van der Waals surface area contributed by atoms with Gasteiger partial charge in [0.25, 0.3) is 0 Å².